The molecule has 0 aliphatic heterocycles. The number of hydrogen-bond donors (Lipinski definition) is 0. The van der Waals surface area contributed by atoms with E-state index in [1.165, 1.54) is 33.4 Å². The molecule has 2 aliphatic rings. The van der Waals surface area contributed by atoms with Crippen LogP contribution in [0.4, 0.5) is 0 Å². The van der Waals surface area contributed by atoms with Crippen LogP contribution < -0.4 is 0 Å². The Balaban J connectivity index is 1.81. The number of hydrogen-bond acceptors (Lipinski definition) is 0. The SMILES string of the molecule is CC(C)(C)c1ccc2c(c1)-c1cc(C(C)(C)C)ccc1[CH]2[Hf]([Cl])([Cl])(=[C](c1ccc(Cl)cc1)c1ccc(Cl)cc1)[CH]1C=CC=C1. The van der Waals surface area contributed by atoms with Gasteiger partial charge in [0.2, 0.25) is 0 Å². The van der Waals surface area contributed by atoms with Gasteiger partial charge in [-0.2, -0.15) is 0 Å². The Morgan fingerprint density at radius 1 is 0.568 bits per heavy atom. The number of fused-ring (bicyclic) bond motifs is 3. The van der Waals surface area contributed by atoms with E-state index >= 15 is 0 Å². The van der Waals surface area contributed by atoms with Gasteiger partial charge in [0.15, 0.2) is 0 Å². The topological polar surface area (TPSA) is 0 Å². The Hall–Kier alpha value is -1.74. The molecule has 0 bridgehead atoms. The molecular weight excluding hydrogens is 789 g/mol. The molecule has 0 spiro atoms. The number of rotatable bonds is 4. The van der Waals surface area contributed by atoms with Gasteiger partial charge in [-0.15, -0.1) is 0 Å². The molecule has 5 heteroatoms. The minimum atomic E-state index is -5.57. The quantitative estimate of drug-likeness (QED) is 0.180. The zero-order chi connectivity index (χ0) is 31.7. The van der Waals surface area contributed by atoms with Crippen LogP contribution in [-0.4, -0.2) is 3.26 Å². The van der Waals surface area contributed by atoms with E-state index in [0.29, 0.717) is 10.0 Å². The van der Waals surface area contributed by atoms with Gasteiger partial charge in [0.1, 0.15) is 0 Å². The fraction of sp³-hybridized carbons (Fsp3) is 0.256. The Morgan fingerprint density at radius 3 is 1.32 bits per heavy atom. The second-order valence-electron chi connectivity index (χ2n) is 14.4. The van der Waals surface area contributed by atoms with Gasteiger partial charge in [-0.05, 0) is 0 Å². The molecule has 226 valence electrons. The van der Waals surface area contributed by atoms with Gasteiger partial charge in [-0.1, -0.05) is 0 Å². The first kappa shape index (κ1) is 32.2. The van der Waals surface area contributed by atoms with Crippen LogP contribution >= 0.6 is 40.4 Å². The van der Waals surface area contributed by atoms with Gasteiger partial charge in [0, 0.05) is 0 Å². The van der Waals surface area contributed by atoms with E-state index in [0.717, 1.165) is 14.4 Å². The van der Waals surface area contributed by atoms with Gasteiger partial charge in [-0.3, -0.25) is 0 Å². The molecule has 6 rings (SSSR count). The van der Waals surface area contributed by atoms with Crippen LogP contribution in [0.5, 0.6) is 0 Å². The van der Waals surface area contributed by atoms with E-state index in [2.05, 4.69) is 127 Å². The minimum absolute atomic E-state index is 0.00347. The molecule has 0 N–H and O–H groups in total. The molecule has 0 radical (unpaired) electrons. The van der Waals surface area contributed by atoms with Gasteiger partial charge < -0.3 is 0 Å². The standard InChI is InChI=1S/C21H25.C13H8Cl2.C5H5.2ClH.Hf/c1-20(2,3)16-9-7-14-11-15-8-10-17(21(4,5)6)13-19(15)18(14)12-16;14-12-5-1-10(2-6-12)9-11-3-7-13(15)8-4-11;1-2-4-5-3-1;;;/h7-13H,1-6H3;1-8H;1-5H;2*1H;/q;;;;;+2/p-2. The molecule has 0 saturated carbocycles. The van der Waals surface area contributed by atoms with Crippen molar-refractivity contribution in [3.8, 4) is 11.1 Å². The third-order valence-corrected chi connectivity index (χ3v) is 38.0. The first-order chi connectivity index (χ1) is 20.6. The molecule has 0 aromatic heterocycles. The van der Waals surface area contributed by atoms with E-state index in [-0.39, 0.29) is 18.2 Å². The summed E-state index contributed by atoms with van der Waals surface area (Å²) in [5.74, 6) is 0. The summed E-state index contributed by atoms with van der Waals surface area (Å²) in [6.45, 7) is 13.6. The van der Waals surface area contributed by atoms with Crippen molar-refractivity contribution in [2.45, 2.75) is 59.7 Å². The Labute approximate surface area is 280 Å². The third kappa shape index (κ3) is 5.39. The molecule has 4 aromatic carbocycles. The number of halogens is 4. The van der Waals surface area contributed by atoms with Gasteiger partial charge in [0.05, 0.1) is 0 Å². The van der Waals surface area contributed by atoms with Crippen molar-refractivity contribution in [1.29, 1.82) is 0 Å². The van der Waals surface area contributed by atoms with Crippen LogP contribution in [0, 0.1) is 0 Å². The summed E-state index contributed by atoms with van der Waals surface area (Å²) < 4.78 is 0.732. The molecule has 0 amide bonds. The van der Waals surface area contributed by atoms with Crippen LogP contribution in [0.25, 0.3) is 11.1 Å². The van der Waals surface area contributed by atoms with Crippen LogP contribution in [-0.2, 0) is 26.5 Å². The predicted octanol–water partition coefficient (Wildman–Crippen LogP) is 12.8. The Morgan fingerprint density at radius 2 is 0.955 bits per heavy atom. The van der Waals surface area contributed by atoms with Crippen LogP contribution in [0.1, 0.15) is 78.6 Å². The number of benzene rings is 4. The van der Waals surface area contributed by atoms with E-state index in [1.54, 1.807) is 0 Å². The average molecular weight is 827 g/mol. The summed E-state index contributed by atoms with van der Waals surface area (Å²) in [6, 6.07) is 29.9. The summed E-state index contributed by atoms with van der Waals surface area (Å²) in [4.78, 5) is 0. The van der Waals surface area contributed by atoms with E-state index in [1.807, 2.05) is 24.3 Å². The van der Waals surface area contributed by atoms with Crippen LogP contribution in [0.3, 0.4) is 0 Å². The zero-order valence-corrected chi connectivity index (χ0v) is 32.7. The first-order valence-corrected chi connectivity index (χ1v) is 30.8. The second kappa shape index (κ2) is 11.2. The molecule has 0 atom stereocenters. The zero-order valence-electron chi connectivity index (χ0n) is 26.1. The van der Waals surface area contributed by atoms with E-state index in [4.69, 9.17) is 40.4 Å². The normalized spacial score (nSPS) is 15.5. The maximum atomic E-state index is 8.62. The van der Waals surface area contributed by atoms with Crippen molar-refractivity contribution in [2.24, 2.45) is 0 Å². The molecule has 2 aliphatic carbocycles. The monoisotopic (exact) mass is 826 g/mol. The van der Waals surface area contributed by atoms with Gasteiger partial charge in [0.25, 0.3) is 0 Å². The van der Waals surface area contributed by atoms with Crippen LogP contribution in [0.2, 0.25) is 13.7 Å². The summed E-state index contributed by atoms with van der Waals surface area (Å²) in [5, 5.41) is 1.34. The summed E-state index contributed by atoms with van der Waals surface area (Å²) in [6.07, 6.45) is 8.61. The van der Waals surface area contributed by atoms with Gasteiger partial charge in [-0.25, -0.2) is 0 Å². The fourth-order valence-corrected chi connectivity index (χ4v) is 35.1. The molecule has 4 aromatic rings. The van der Waals surface area contributed by atoms with Crippen LogP contribution in [0.15, 0.2) is 109 Å². The molecule has 0 fully saturated rings. The van der Waals surface area contributed by atoms with E-state index < -0.39 is 15.7 Å². The molecule has 0 heterocycles. The summed E-state index contributed by atoms with van der Waals surface area (Å²) >= 11 is 7.29. The van der Waals surface area contributed by atoms with Crippen molar-refractivity contribution in [2.75, 3.05) is 0 Å². The third-order valence-electron chi connectivity index (χ3n) is 9.38. The molecular formula is C39H38Cl4Hf. The van der Waals surface area contributed by atoms with Crippen molar-refractivity contribution >= 4 is 43.6 Å². The Bertz CT molecular complexity index is 1770. The van der Waals surface area contributed by atoms with Crippen molar-refractivity contribution in [3.05, 3.63) is 153 Å². The van der Waals surface area contributed by atoms with E-state index in [9.17, 15) is 0 Å². The second-order valence-corrected chi connectivity index (χ2v) is 44.7. The van der Waals surface area contributed by atoms with Crippen molar-refractivity contribution in [3.63, 3.8) is 0 Å². The predicted molar refractivity (Wildman–Crippen MR) is 191 cm³/mol. The number of allylic oxidation sites excluding steroid dienone is 4. The molecule has 44 heavy (non-hydrogen) atoms. The van der Waals surface area contributed by atoms with Gasteiger partial charge >= 0.3 is 283 Å². The average Bonchev–Trinajstić information content (AvgIpc) is 3.62. The first-order valence-electron chi connectivity index (χ1n) is 15.2. The maximum absolute atomic E-state index is 8.62. The molecule has 0 unspecified atom stereocenters. The van der Waals surface area contributed by atoms with Crippen molar-refractivity contribution in [1.82, 2.24) is 0 Å². The summed E-state index contributed by atoms with van der Waals surface area (Å²) in [5.41, 5.74) is 9.50. The molecule has 0 saturated heterocycles. The fourth-order valence-electron chi connectivity index (χ4n) is 6.99. The Kier molecular flexibility index (Phi) is 8.20. The summed E-state index contributed by atoms with van der Waals surface area (Å²) in [7, 11) is 17.2. The molecule has 0 nitrogen and oxygen atoms in total. The van der Waals surface area contributed by atoms with Crippen molar-refractivity contribution < 1.29 is 15.7 Å².